The molecular weight excluding hydrogens is 401 g/mol. The topological polar surface area (TPSA) is 24.5 Å². The van der Waals surface area contributed by atoms with Gasteiger partial charge < -0.3 is 15.0 Å². The summed E-state index contributed by atoms with van der Waals surface area (Å²) in [6.45, 7) is 3.78. The molecule has 0 radical (unpaired) electrons. The van der Waals surface area contributed by atoms with Crippen molar-refractivity contribution < 1.29 is 17.9 Å². The lowest BCUT2D eigenvalue weighted by molar-refractivity contribution is -0.135. The van der Waals surface area contributed by atoms with E-state index in [0.29, 0.717) is 18.1 Å². The zero-order chi connectivity index (χ0) is 21.4. The van der Waals surface area contributed by atoms with Gasteiger partial charge in [0.2, 0.25) is 0 Å². The Hall–Kier alpha value is -1.76. The molecule has 0 aromatic heterocycles. The molecule has 1 heterocycles. The number of para-hydroxylation sites is 1. The average molecular weight is 429 g/mol. The maximum atomic E-state index is 12.4. The maximum Gasteiger partial charge on any atom is 0.389 e. The number of hydrogen-bond acceptors (Lipinski definition) is 3. The molecule has 1 aliphatic rings. The molecule has 1 aliphatic heterocycles. The third-order valence-corrected chi connectivity index (χ3v) is 4.99. The molecule has 160 valence electrons. The monoisotopic (exact) mass is 428 g/mol. The molecule has 2 aromatic carbocycles. The highest BCUT2D eigenvalue weighted by Gasteiger charge is 2.28. The summed E-state index contributed by atoms with van der Waals surface area (Å²) in [5.41, 5.74) is 4.29. The molecule has 0 amide bonds. The summed E-state index contributed by atoms with van der Waals surface area (Å²) in [4.78, 5) is 2.14. The molecule has 0 fully saturated rings. The standard InChI is InChI=1S/C19H20ClF3N2.C3H8O/c1-25-12-13-11-14(20)7-8-15(13)18(16-5-2-3-6-17(16)25)24-10-4-9-19(21,22)23;1-3-4-2/h2-3,5-8,11,18,24H,4,9-10,12H2,1H3;3H2,1-2H3. The van der Waals surface area contributed by atoms with Crippen molar-refractivity contribution >= 4 is 17.3 Å². The normalized spacial score (nSPS) is 15.7. The molecule has 0 saturated heterocycles. The van der Waals surface area contributed by atoms with E-state index in [1.54, 1.807) is 7.11 Å². The van der Waals surface area contributed by atoms with Crippen LogP contribution >= 0.6 is 11.6 Å². The van der Waals surface area contributed by atoms with Crippen molar-refractivity contribution in [2.75, 3.05) is 32.2 Å². The first-order valence-corrected chi connectivity index (χ1v) is 10.0. The number of halogens is 4. The van der Waals surface area contributed by atoms with Crippen LogP contribution in [0.15, 0.2) is 42.5 Å². The molecule has 3 nitrogen and oxygen atoms in total. The number of benzene rings is 2. The average Bonchev–Trinajstić information content (AvgIpc) is 2.79. The van der Waals surface area contributed by atoms with Crippen molar-refractivity contribution in [1.29, 1.82) is 0 Å². The Morgan fingerprint density at radius 3 is 2.52 bits per heavy atom. The smallest absolute Gasteiger partial charge is 0.385 e. The molecule has 1 N–H and O–H groups in total. The Labute approximate surface area is 175 Å². The summed E-state index contributed by atoms with van der Waals surface area (Å²) in [6, 6.07) is 13.6. The molecule has 0 spiro atoms. The van der Waals surface area contributed by atoms with Crippen LogP contribution in [0.1, 0.15) is 42.5 Å². The molecular formula is C22H28ClF3N2O. The fourth-order valence-corrected chi connectivity index (χ4v) is 3.53. The van der Waals surface area contributed by atoms with Gasteiger partial charge in [0.1, 0.15) is 0 Å². The van der Waals surface area contributed by atoms with E-state index in [2.05, 4.69) is 15.0 Å². The molecule has 3 rings (SSSR count). The number of hydrogen-bond donors (Lipinski definition) is 1. The van der Waals surface area contributed by atoms with E-state index in [0.717, 1.165) is 29.0 Å². The van der Waals surface area contributed by atoms with Gasteiger partial charge in [0.05, 0.1) is 6.04 Å². The van der Waals surface area contributed by atoms with Gasteiger partial charge in [0.15, 0.2) is 0 Å². The van der Waals surface area contributed by atoms with Crippen LogP contribution in [0.2, 0.25) is 5.02 Å². The Kier molecular flexibility index (Phi) is 8.80. The zero-order valence-corrected chi connectivity index (χ0v) is 17.8. The minimum atomic E-state index is -4.12. The molecule has 1 atom stereocenters. The van der Waals surface area contributed by atoms with Crippen LogP contribution < -0.4 is 10.2 Å². The van der Waals surface area contributed by atoms with Crippen molar-refractivity contribution in [3.8, 4) is 0 Å². The first-order chi connectivity index (χ1) is 13.8. The third-order valence-electron chi connectivity index (χ3n) is 4.76. The van der Waals surface area contributed by atoms with E-state index in [1.807, 2.05) is 56.4 Å². The van der Waals surface area contributed by atoms with Crippen LogP contribution in [0.25, 0.3) is 0 Å². The van der Waals surface area contributed by atoms with Crippen molar-refractivity contribution in [3.05, 3.63) is 64.2 Å². The Bertz CT molecular complexity index is 781. The van der Waals surface area contributed by atoms with Gasteiger partial charge in [-0.3, -0.25) is 0 Å². The van der Waals surface area contributed by atoms with Gasteiger partial charge in [-0.05, 0) is 54.8 Å². The zero-order valence-electron chi connectivity index (χ0n) is 17.0. The lowest BCUT2D eigenvalue weighted by Crippen LogP contribution is -2.25. The molecule has 29 heavy (non-hydrogen) atoms. The number of fused-ring (bicyclic) bond motifs is 2. The fraction of sp³-hybridized carbons (Fsp3) is 0.455. The van der Waals surface area contributed by atoms with Gasteiger partial charge in [0.25, 0.3) is 0 Å². The van der Waals surface area contributed by atoms with Crippen LogP contribution in [0.5, 0.6) is 0 Å². The second-order valence-electron chi connectivity index (χ2n) is 6.94. The van der Waals surface area contributed by atoms with Crippen LogP contribution in [-0.2, 0) is 11.3 Å². The van der Waals surface area contributed by atoms with E-state index < -0.39 is 12.6 Å². The van der Waals surface area contributed by atoms with Gasteiger partial charge >= 0.3 is 6.18 Å². The lowest BCUT2D eigenvalue weighted by atomic mass is 9.95. The van der Waals surface area contributed by atoms with Crippen molar-refractivity contribution in [1.82, 2.24) is 5.32 Å². The molecule has 1 unspecified atom stereocenters. The Balaban J connectivity index is 0.000000687. The minimum Gasteiger partial charge on any atom is -0.385 e. The quantitative estimate of drug-likeness (QED) is 0.594. The summed E-state index contributed by atoms with van der Waals surface area (Å²) < 4.78 is 41.8. The maximum absolute atomic E-state index is 12.4. The van der Waals surface area contributed by atoms with Gasteiger partial charge in [0, 0.05) is 44.4 Å². The summed E-state index contributed by atoms with van der Waals surface area (Å²) in [7, 11) is 3.69. The third kappa shape index (κ3) is 6.91. The van der Waals surface area contributed by atoms with Crippen molar-refractivity contribution in [2.24, 2.45) is 0 Å². The summed E-state index contributed by atoms with van der Waals surface area (Å²) in [5, 5.41) is 3.98. The van der Waals surface area contributed by atoms with Gasteiger partial charge in [-0.15, -0.1) is 0 Å². The molecule has 7 heteroatoms. The van der Waals surface area contributed by atoms with E-state index >= 15 is 0 Å². The van der Waals surface area contributed by atoms with Gasteiger partial charge in [-0.25, -0.2) is 0 Å². The van der Waals surface area contributed by atoms with Crippen LogP contribution in [-0.4, -0.2) is 33.5 Å². The predicted octanol–water partition coefficient (Wildman–Crippen LogP) is 5.96. The van der Waals surface area contributed by atoms with E-state index in [9.17, 15) is 13.2 Å². The lowest BCUT2D eigenvalue weighted by Gasteiger charge is -2.23. The number of ether oxygens (including phenoxy) is 1. The van der Waals surface area contributed by atoms with E-state index in [4.69, 9.17) is 11.6 Å². The Morgan fingerprint density at radius 1 is 1.17 bits per heavy atom. The first kappa shape index (κ1) is 23.5. The first-order valence-electron chi connectivity index (χ1n) is 9.64. The largest absolute Gasteiger partial charge is 0.389 e. The highest BCUT2D eigenvalue weighted by atomic mass is 35.5. The Morgan fingerprint density at radius 2 is 1.86 bits per heavy atom. The second kappa shape index (κ2) is 10.9. The minimum absolute atomic E-state index is 0.0565. The number of alkyl halides is 3. The number of methoxy groups -OCH3 is 1. The molecule has 2 aromatic rings. The van der Waals surface area contributed by atoms with Crippen molar-refractivity contribution in [2.45, 2.75) is 38.5 Å². The number of nitrogens with zero attached hydrogens (tertiary/aromatic N) is 1. The highest BCUT2D eigenvalue weighted by molar-refractivity contribution is 6.30. The predicted molar refractivity (Wildman–Crippen MR) is 113 cm³/mol. The van der Waals surface area contributed by atoms with Crippen molar-refractivity contribution in [3.63, 3.8) is 0 Å². The number of anilines is 1. The van der Waals surface area contributed by atoms with Gasteiger partial charge in [-0.1, -0.05) is 35.9 Å². The summed E-state index contributed by atoms with van der Waals surface area (Å²) in [5.74, 6) is 0. The molecule has 0 aliphatic carbocycles. The second-order valence-corrected chi connectivity index (χ2v) is 7.38. The van der Waals surface area contributed by atoms with Crippen LogP contribution in [0.4, 0.5) is 18.9 Å². The number of nitrogens with one attached hydrogen (secondary N) is 1. The van der Waals surface area contributed by atoms with Crippen LogP contribution in [0, 0.1) is 0 Å². The SMILES string of the molecule is CCOC.CN1Cc2cc(Cl)ccc2C(NCCCC(F)(F)F)c2ccccc21. The van der Waals surface area contributed by atoms with E-state index in [1.165, 1.54) is 0 Å². The summed E-state index contributed by atoms with van der Waals surface area (Å²) >= 11 is 6.15. The van der Waals surface area contributed by atoms with E-state index in [-0.39, 0.29) is 12.5 Å². The fourth-order valence-electron chi connectivity index (χ4n) is 3.34. The number of rotatable bonds is 5. The molecule has 0 bridgehead atoms. The highest BCUT2D eigenvalue weighted by Crippen LogP contribution is 2.37. The summed E-state index contributed by atoms with van der Waals surface area (Å²) in [6.07, 6.45) is -4.84. The molecule has 0 saturated carbocycles. The van der Waals surface area contributed by atoms with Gasteiger partial charge in [-0.2, -0.15) is 13.2 Å². The van der Waals surface area contributed by atoms with Crippen LogP contribution in [0.3, 0.4) is 0 Å².